The van der Waals surface area contributed by atoms with Crippen LogP contribution < -0.4 is 4.89 Å². The predicted molar refractivity (Wildman–Crippen MR) is 231 cm³/mol. The van der Waals surface area contributed by atoms with E-state index in [-0.39, 0.29) is 26.1 Å². The molecule has 0 bridgehead atoms. The summed E-state index contributed by atoms with van der Waals surface area (Å²) in [7, 11) is 1.14. The molecule has 9 nitrogen and oxygen atoms in total. The summed E-state index contributed by atoms with van der Waals surface area (Å²) in [5, 5.41) is 0. The van der Waals surface area contributed by atoms with Gasteiger partial charge in [0.05, 0.1) is 27.7 Å². The van der Waals surface area contributed by atoms with E-state index < -0.39 is 32.5 Å². The van der Waals surface area contributed by atoms with Crippen LogP contribution in [0, 0.1) is 0 Å². The maximum absolute atomic E-state index is 12.7. The van der Waals surface area contributed by atoms with Crippen LogP contribution in [-0.4, -0.2) is 70.0 Å². The highest BCUT2D eigenvalue weighted by Crippen LogP contribution is 2.38. The van der Waals surface area contributed by atoms with E-state index in [4.69, 9.17) is 18.5 Å². The van der Waals surface area contributed by atoms with Gasteiger partial charge in [-0.05, 0) is 70.6 Å². The molecule has 0 radical (unpaired) electrons. The fourth-order valence-electron chi connectivity index (χ4n) is 5.76. The first-order chi connectivity index (χ1) is 27.0. The molecule has 0 aliphatic heterocycles. The Morgan fingerprint density at radius 1 is 0.554 bits per heavy atom. The smallest absolute Gasteiger partial charge is 0.306 e. The number of carbonyl (C=O) groups is 2. The molecule has 2 atom stereocenters. The third kappa shape index (κ3) is 41.6. The summed E-state index contributed by atoms with van der Waals surface area (Å²) in [5.74, 6) is -0.863. The van der Waals surface area contributed by atoms with Gasteiger partial charge in [0, 0.05) is 12.8 Å². The van der Waals surface area contributed by atoms with Crippen molar-refractivity contribution < 1.29 is 42.1 Å². The molecule has 0 heterocycles. The lowest BCUT2D eigenvalue weighted by Crippen LogP contribution is -2.37. The Labute approximate surface area is 343 Å². The van der Waals surface area contributed by atoms with Crippen LogP contribution in [-0.2, 0) is 32.7 Å². The second-order valence-corrected chi connectivity index (χ2v) is 17.5. The topological polar surface area (TPSA) is 111 Å². The monoisotopic (exact) mass is 810 g/mol. The summed E-state index contributed by atoms with van der Waals surface area (Å²) in [6.07, 6.45) is 44.1. The number of quaternary nitrogens is 1. The second-order valence-electron chi connectivity index (χ2n) is 16.1. The summed E-state index contributed by atoms with van der Waals surface area (Å²) >= 11 is 0. The van der Waals surface area contributed by atoms with E-state index in [1.807, 2.05) is 21.1 Å². The Morgan fingerprint density at radius 2 is 0.982 bits per heavy atom. The fraction of sp³-hybridized carbons (Fsp3) is 0.783. The van der Waals surface area contributed by atoms with Gasteiger partial charge in [-0.25, -0.2) is 0 Å². The minimum atomic E-state index is -4.63. The van der Waals surface area contributed by atoms with Crippen molar-refractivity contribution in [2.75, 3.05) is 47.5 Å². The van der Waals surface area contributed by atoms with Crippen LogP contribution in [0.25, 0.3) is 0 Å². The second kappa shape index (κ2) is 38.5. The minimum absolute atomic E-state index is 0.0370. The Hall–Kier alpha value is -2.03. The van der Waals surface area contributed by atoms with E-state index in [9.17, 15) is 19.0 Å². The van der Waals surface area contributed by atoms with Gasteiger partial charge >= 0.3 is 11.9 Å². The van der Waals surface area contributed by atoms with Crippen molar-refractivity contribution in [3.05, 3.63) is 48.6 Å². The van der Waals surface area contributed by atoms with Crippen LogP contribution in [0.3, 0.4) is 0 Å². The van der Waals surface area contributed by atoms with Gasteiger partial charge in [0.25, 0.3) is 7.82 Å². The number of ether oxygens (including phenoxy) is 2. The molecular formula is C46H84NO8P. The summed E-state index contributed by atoms with van der Waals surface area (Å²) in [4.78, 5) is 37.5. The van der Waals surface area contributed by atoms with E-state index in [2.05, 4.69) is 62.5 Å². The SMILES string of the molecule is CCCC/C=C/CCCCCCCCCCCC(=O)OC[C@H](COP(=O)([O-])OCC[N+](C)(C)C)OC(=O)CCCCCC/C=C/C/C=C/C/C=C/CCCCC. The molecule has 0 spiro atoms. The zero-order valence-electron chi connectivity index (χ0n) is 36.6. The van der Waals surface area contributed by atoms with Gasteiger partial charge in [0.1, 0.15) is 19.8 Å². The Kier molecular flexibility index (Phi) is 37.1. The molecule has 0 fully saturated rings. The van der Waals surface area contributed by atoms with Gasteiger partial charge < -0.3 is 27.9 Å². The van der Waals surface area contributed by atoms with Gasteiger partial charge in [-0.1, -0.05) is 146 Å². The van der Waals surface area contributed by atoms with Crippen molar-refractivity contribution in [1.29, 1.82) is 0 Å². The predicted octanol–water partition coefficient (Wildman–Crippen LogP) is 12.1. The molecule has 0 aliphatic rings. The number of phosphoric acid groups is 1. The average Bonchev–Trinajstić information content (AvgIpc) is 3.15. The van der Waals surface area contributed by atoms with Crippen LogP contribution in [0.2, 0.25) is 0 Å². The zero-order chi connectivity index (χ0) is 41.4. The number of hydrogen-bond donors (Lipinski definition) is 0. The van der Waals surface area contributed by atoms with E-state index in [1.54, 1.807) is 0 Å². The maximum Gasteiger partial charge on any atom is 0.306 e. The first-order valence-corrected chi connectivity index (χ1v) is 23.8. The highest BCUT2D eigenvalue weighted by molar-refractivity contribution is 7.45. The third-order valence-corrected chi connectivity index (χ3v) is 10.3. The molecule has 0 amide bonds. The number of unbranched alkanes of at least 4 members (excludes halogenated alkanes) is 18. The highest BCUT2D eigenvalue weighted by atomic mass is 31.2. The van der Waals surface area contributed by atoms with Crippen molar-refractivity contribution in [3.8, 4) is 0 Å². The number of esters is 2. The van der Waals surface area contributed by atoms with Gasteiger partial charge in [-0.2, -0.15) is 0 Å². The van der Waals surface area contributed by atoms with Crippen LogP contribution in [0.4, 0.5) is 0 Å². The molecule has 0 saturated heterocycles. The number of likely N-dealkylation sites (N-methyl/N-ethyl adjacent to an activating group) is 1. The molecule has 0 saturated carbocycles. The van der Waals surface area contributed by atoms with Crippen molar-refractivity contribution in [1.82, 2.24) is 0 Å². The first-order valence-electron chi connectivity index (χ1n) is 22.3. The molecule has 0 aromatic carbocycles. The Balaban J connectivity index is 4.40. The Bertz CT molecular complexity index is 1100. The van der Waals surface area contributed by atoms with Crippen molar-refractivity contribution in [2.24, 2.45) is 0 Å². The van der Waals surface area contributed by atoms with Crippen LogP contribution in [0.15, 0.2) is 48.6 Å². The molecule has 56 heavy (non-hydrogen) atoms. The molecule has 0 N–H and O–H groups in total. The molecule has 1 unspecified atom stereocenters. The van der Waals surface area contributed by atoms with Crippen LogP contribution >= 0.6 is 7.82 Å². The quantitative estimate of drug-likeness (QED) is 0.0198. The van der Waals surface area contributed by atoms with Crippen molar-refractivity contribution >= 4 is 19.8 Å². The number of nitrogens with zero attached hydrogens (tertiary/aromatic N) is 1. The molecule has 326 valence electrons. The van der Waals surface area contributed by atoms with E-state index in [0.29, 0.717) is 17.4 Å². The average molecular weight is 810 g/mol. The summed E-state index contributed by atoms with van der Waals surface area (Å²) < 4.78 is 33.9. The summed E-state index contributed by atoms with van der Waals surface area (Å²) in [6.45, 7) is 4.14. The largest absolute Gasteiger partial charge is 0.756 e. The van der Waals surface area contributed by atoms with E-state index in [0.717, 1.165) is 57.8 Å². The lowest BCUT2D eigenvalue weighted by molar-refractivity contribution is -0.870. The van der Waals surface area contributed by atoms with E-state index >= 15 is 0 Å². The maximum atomic E-state index is 12.7. The first kappa shape index (κ1) is 54.0. The molecule has 0 aromatic heterocycles. The van der Waals surface area contributed by atoms with Gasteiger partial charge in [-0.15, -0.1) is 0 Å². The van der Waals surface area contributed by atoms with Crippen LogP contribution in [0.1, 0.15) is 181 Å². The number of phosphoric ester groups is 1. The zero-order valence-corrected chi connectivity index (χ0v) is 37.5. The summed E-state index contributed by atoms with van der Waals surface area (Å²) in [6, 6.07) is 0. The lowest BCUT2D eigenvalue weighted by Gasteiger charge is -2.28. The lowest BCUT2D eigenvalue weighted by atomic mass is 10.1. The molecular weight excluding hydrogens is 725 g/mol. The highest BCUT2D eigenvalue weighted by Gasteiger charge is 2.21. The fourth-order valence-corrected chi connectivity index (χ4v) is 6.49. The van der Waals surface area contributed by atoms with E-state index in [1.165, 1.54) is 89.9 Å². The number of hydrogen-bond acceptors (Lipinski definition) is 8. The molecule has 0 rings (SSSR count). The standard InChI is InChI=1S/C46H84NO8P/c1-6-8-10-12-14-16-18-20-22-23-25-27-29-31-33-35-37-39-46(49)55-44(43-54-56(50,51)53-41-40-47(3,4)5)42-52-45(48)38-36-34-32-30-28-26-24-21-19-17-15-13-11-9-7-2/h13-16,20,22,25,27,44H,6-12,17-19,21,23-24,26,28-43H2,1-5H3/b15-13+,16-14+,22-20+,27-25+/t44-/m1/s1. The van der Waals surface area contributed by atoms with Crippen molar-refractivity contribution in [2.45, 2.75) is 187 Å². The minimum Gasteiger partial charge on any atom is -0.756 e. The normalized spacial score (nSPS) is 14.0. The molecule has 10 heteroatoms. The molecule has 0 aromatic rings. The number of carbonyl (C=O) groups excluding carboxylic acids is 2. The number of rotatable bonds is 40. The Morgan fingerprint density at radius 3 is 1.50 bits per heavy atom. The third-order valence-electron chi connectivity index (χ3n) is 9.32. The van der Waals surface area contributed by atoms with Crippen LogP contribution in [0.5, 0.6) is 0 Å². The molecule has 0 aliphatic carbocycles. The summed E-state index contributed by atoms with van der Waals surface area (Å²) in [5.41, 5.74) is 0. The van der Waals surface area contributed by atoms with Gasteiger partial charge in [0.2, 0.25) is 0 Å². The van der Waals surface area contributed by atoms with Gasteiger partial charge in [0.15, 0.2) is 6.10 Å². The van der Waals surface area contributed by atoms with Gasteiger partial charge in [-0.3, -0.25) is 14.2 Å². The number of allylic oxidation sites excluding steroid dienone is 8. The van der Waals surface area contributed by atoms with Crippen molar-refractivity contribution in [3.63, 3.8) is 0 Å².